The second-order valence-corrected chi connectivity index (χ2v) is 10.3. The van der Waals surface area contributed by atoms with Crippen LogP contribution in [0.1, 0.15) is 96.8 Å². The second kappa shape index (κ2) is 16.7. The first kappa shape index (κ1) is 32.1. The van der Waals surface area contributed by atoms with Gasteiger partial charge >= 0.3 is 0 Å². The Kier molecular flexibility index (Phi) is 13.7. The van der Waals surface area contributed by atoms with Gasteiger partial charge in [-0.25, -0.2) is 0 Å². The number of unbranched alkanes of at least 4 members (excludes halogenated alkanes) is 10. The van der Waals surface area contributed by atoms with E-state index in [2.05, 4.69) is 12.2 Å². The number of carbonyl (C=O) groups excluding carboxylic acids is 6. The van der Waals surface area contributed by atoms with Crippen molar-refractivity contribution in [3.8, 4) is 0 Å². The van der Waals surface area contributed by atoms with Crippen molar-refractivity contribution in [1.29, 1.82) is 0 Å². The van der Waals surface area contributed by atoms with Crippen LogP contribution in [0, 0.1) is 11.8 Å². The summed E-state index contributed by atoms with van der Waals surface area (Å²) in [5, 5.41) is 0. The molecule has 0 bridgehead atoms. The molecule has 2 aliphatic rings. The number of rotatable bonds is 18. The molecule has 8 heteroatoms. The summed E-state index contributed by atoms with van der Waals surface area (Å²) in [6, 6.07) is 0. The van der Waals surface area contributed by atoms with Gasteiger partial charge in [0.25, 0.3) is 0 Å². The summed E-state index contributed by atoms with van der Waals surface area (Å²) in [6.07, 6.45) is 18.0. The molecule has 39 heavy (non-hydrogen) atoms. The van der Waals surface area contributed by atoms with E-state index in [9.17, 15) is 28.8 Å². The summed E-state index contributed by atoms with van der Waals surface area (Å²) < 4.78 is 9.96. The molecule has 2 rings (SSSR count). The number of ketones is 6. The average Bonchev–Trinajstić information content (AvgIpc) is 2.92. The van der Waals surface area contributed by atoms with Crippen LogP contribution in [-0.2, 0) is 38.2 Å². The third-order valence-corrected chi connectivity index (χ3v) is 7.46. The zero-order valence-electron chi connectivity index (χ0n) is 23.6. The summed E-state index contributed by atoms with van der Waals surface area (Å²) in [7, 11) is 2.68. The van der Waals surface area contributed by atoms with Crippen molar-refractivity contribution in [2.24, 2.45) is 11.8 Å². The number of methoxy groups -OCH3 is 2. The third-order valence-electron chi connectivity index (χ3n) is 7.46. The molecule has 0 heterocycles. The van der Waals surface area contributed by atoms with E-state index in [0.29, 0.717) is 12.8 Å². The van der Waals surface area contributed by atoms with E-state index in [1.807, 2.05) is 0 Å². The number of carbonyl (C=O) groups is 6. The fraction of sp³-hybridized carbons (Fsp3) is 0.613. The van der Waals surface area contributed by atoms with Gasteiger partial charge in [0.2, 0.25) is 34.7 Å². The number of hydrogen-bond acceptors (Lipinski definition) is 8. The van der Waals surface area contributed by atoms with Crippen LogP contribution in [-0.4, -0.2) is 48.9 Å². The lowest BCUT2D eigenvalue weighted by molar-refractivity contribution is -0.143. The van der Waals surface area contributed by atoms with Crippen molar-refractivity contribution in [3.05, 3.63) is 35.3 Å². The molecule has 0 aliphatic heterocycles. The molecule has 2 unspecified atom stereocenters. The molecule has 0 fully saturated rings. The maximum absolute atomic E-state index is 12.4. The van der Waals surface area contributed by atoms with Gasteiger partial charge in [-0.15, -0.1) is 0 Å². The molecule has 8 nitrogen and oxygen atoms in total. The third kappa shape index (κ3) is 9.22. The SMILES string of the molecule is COC1=CC(=O)C(=O)C(CCCCCCCC=CCCCCCCCC2C(=O)C(=O)C(C)=C(OC)C2=O)C1=O. The quantitative estimate of drug-likeness (QED) is 0.101. The van der Waals surface area contributed by atoms with Crippen molar-refractivity contribution in [1.82, 2.24) is 0 Å². The minimum atomic E-state index is -0.892. The highest BCUT2D eigenvalue weighted by Gasteiger charge is 2.41. The van der Waals surface area contributed by atoms with Crippen LogP contribution in [0.4, 0.5) is 0 Å². The molecule has 2 aliphatic carbocycles. The standard InChI is InChI=1S/C31H42O8/c1-21-26(33)29(36)23(30(37)31(21)39-3)19-17-15-13-11-9-7-5-4-6-8-10-12-14-16-18-22-27(34)24(32)20-25(38-2)28(22)35/h4-5,20,22-23H,6-19H2,1-3H3. The lowest BCUT2D eigenvalue weighted by atomic mass is 9.82. The van der Waals surface area contributed by atoms with Crippen molar-refractivity contribution < 1.29 is 38.2 Å². The molecule has 2 atom stereocenters. The van der Waals surface area contributed by atoms with Crippen molar-refractivity contribution in [2.75, 3.05) is 14.2 Å². The summed E-state index contributed by atoms with van der Waals surface area (Å²) in [5.74, 6) is -5.00. The molecular weight excluding hydrogens is 500 g/mol. The predicted octanol–water partition coefficient (Wildman–Crippen LogP) is 5.13. The smallest absolute Gasteiger partial charge is 0.228 e. The zero-order valence-corrected chi connectivity index (χ0v) is 23.6. The van der Waals surface area contributed by atoms with Gasteiger partial charge in [0, 0.05) is 11.6 Å². The Bertz CT molecular complexity index is 1030. The van der Waals surface area contributed by atoms with Crippen LogP contribution < -0.4 is 0 Å². The number of Topliss-reactive ketones (excluding diaryl/α,β-unsaturated/α-hetero) is 5. The zero-order chi connectivity index (χ0) is 28.8. The first-order valence-electron chi connectivity index (χ1n) is 14.1. The normalized spacial score (nSPS) is 20.3. The Morgan fingerprint density at radius 1 is 0.615 bits per heavy atom. The van der Waals surface area contributed by atoms with Gasteiger partial charge in [0.1, 0.15) is 0 Å². The Morgan fingerprint density at radius 3 is 1.62 bits per heavy atom. The minimum absolute atomic E-state index is 0.0190. The maximum atomic E-state index is 12.4. The van der Waals surface area contributed by atoms with Crippen molar-refractivity contribution in [2.45, 2.75) is 96.8 Å². The average molecular weight is 543 g/mol. The van der Waals surface area contributed by atoms with Gasteiger partial charge in [-0.1, -0.05) is 63.5 Å². The van der Waals surface area contributed by atoms with E-state index in [1.54, 1.807) is 0 Å². The lowest BCUT2D eigenvalue weighted by Crippen LogP contribution is -2.38. The highest BCUT2D eigenvalue weighted by atomic mass is 16.5. The largest absolute Gasteiger partial charge is 0.493 e. The molecule has 0 amide bonds. The molecular formula is C31H42O8. The first-order valence-corrected chi connectivity index (χ1v) is 14.1. The molecule has 0 aromatic rings. The fourth-order valence-corrected chi connectivity index (χ4v) is 5.09. The Labute approximate surface area is 231 Å². The van der Waals surface area contributed by atoms with E-state index < -0.39 is 35.0 Å². The van der Waals surface area contributed by atoms with Gasteiger partial charge in [0.05, 0.1) is 26.1 Å². The number of hydrogen-bond donors (Lipinski definition) is 0. The Morgan fingerprint density at radius 2 is 1.10 bits per heavy atom. The van der Waals surface area contributed by atoms with Crippen LogP contribution >= 0.6 is 0 Å². The predicted molar refractivity (Wildman–Crippen MR) is 146 cm³/mol. The van der Waals surface area contributed by atoms with Crippen LogP contribution in [0.3, 0.4) is 0 Å². The summed E-state index contributed by atoms with van der Waals surface area (Å²) >= 11 is 0. The van der Waals surface area contributed by atoms with Gasteiger partial charge in [-0.2, -0.15) is 0 Å². The summed E-state index contributed by atoms with van der Waals surface area (Å²) in [6.45, 7) is 1.46. The maximum Gasteiger partial charge on any atom is 0.228 e. The molecule has 0 radical (unpaired) electrons. The van der Waals surface area contributed by atoms with Crippen LogP contribution in [0.15, 0.2) is 35.3 Å². The molecule has 214 valence electrons. The summed E-state index contributed by atoms with van der Waals surface area (Å²) in [5.41, 5.74) is 0.110. The Hall–Kier alpha value is -3.16. The second-order valence-electron chi connectivity index (χ2n) is 10.3. The first-order chi connectivity index (χ1) is 18.7. The van der Waals surface area contributed by atoms with E-state index in [0.717, 1.165) is 83.1 Å². The summed E-state index contributed by atoms with van der Waals surface area (Å²) in [4.78, 5) is 72.5. The molecule has 0 spiro atoms. The monoisotopic (exact) mass is 542 g/mol. The topological polar surface area (TPSA) is 121 Å². The molecule has 0 aromatic carbocycles. The highest BCUT2D eigenvalue weighted by molar-refractivity contribution is 6.50. The van der Waals surface area contributed by atoms with Crippen molar-refractivity contribution >= 4 is 34.7 Å². The molecule has 0 aromatic heterocycles. The number of allylic oxidation sites excluding steroid dienone is 6. The van der Waals surface area contributed by atoms with E-state index in [1.165, 1.54) is 21.1 Å². The van der Waals surface area contributed by atoms with Gasteiger partial charge in [-0.3, -0.25) is 28.8 Å². The van der Waals surface area contributed by atoms with Crippen LogP contribution in [0.25, 0.3) is 0 Å². The molecule has 0 saturated carbocycles. The lowest BCUT2D eigenvalue weighted by Gasteiger charge is -2.21. The van der Waals surface area contributed by atoms with Gasteiger partial charge in [0.15, 0.2) is 11.5 Å². The van der Waals surface area contributed by atoms with E-state index in [4.69, 9.17) is 9.47 Å². The fourth-order valence-electron chi connectivity index (χ4n) is 5.09. The molecule has 0 N–H and O–H groups in total. The highest BCUT2D eigenvalue weighted by Crippen LogP contribution is 2.26. The van der Waals surface area contributed by atoms with E-state index >= 15 is 0 Å². The van der Waals surface area contributed by atoms with Gasteiger partial charge in [-0.05, 0) is 45.4 Å². The van der Waals surface area contributed by atoms with E-state index in [-0.39, 0.29) is 28.7 Å². The number of ether oxygens (including phenoxy) is 2. The van der Waals surface area contributed by atoms with Gasteiger partial charge < -0.3 is 9.47 Å². The van der Waals surface area contributed by atoms with Crippen molar-refractivity contribution in [3.63, 3.8) is 0 Å². The van der Waals surface area contributed by atoms with Crippen LogP contribution in [0.5, 0.6) is 0 Å². The Balaban J connectivity index is 1.45. The van der Waals surface area contributed by atoms with Crippen LogP contribution in [0.2, 0.25) is 0 Å². The minimum Gasteiger partial charge on any atom is -0.493 e. The molecule has 0 saturated heterocycles.